The molecular weight excluding hydrogens is 387 g/mol. The fraction of sp³-hybridized carbons (Fsp3) is 0.300. The van der Waals surface area contributed by atoms with Gasteiger partial charge in [-0.3, -0.25) is 9.59 Å². The van der Waals surface area contributed by atoms with E-state index in [1.54, 1.807) is 41.3 Å². The van der Waals surface area contributed by atoms with Crippen molar-refractivity contribution in [3.8, 4) is 0 Å². The molecule has 0 unspecified atom stereocenters. The third-order valence-electron chi connectivity index (χ3n) is 4.30. The second-order valence-corrected chi connectivity index (χ2v) is 7.84. The van der Waals surface area contributed by atoms with Gasteiger partial charge in [0, 0.05) is 35.2 Å². The lowest BCUT2D eigenvalue weighted by Crippen LogP contribution is -2.28. The second kappa shape index (κ2) is 9.24. The Kier molecular flexibility index (Phi) is 6.74. The molecule has 1 N–H and O–H groups in total. The Morgan fingerprint density at radius 2 is 1.89 bits per heavy atom. The van der Waals surface area contributed by atoms with E-state index in [0.29, 0.717) is 26.9 Å². The first kappa shape index (κ1) is 19.7. The molecule has 1 aliphatic heterocycles. The van der Waals surface area contributed by atoms with Crippen LogP contribution < -0.4 is 5.32 Å². The first-order chi connectivity index (χ1) is 13.0. The monoisotopic (exact) mass is 406 g/mol. The van der Waals surface area contributed by atoms with E-state index in [9.17, 15) is 14.0 Å². The van der Waals surface area contributed by atoms with Crippen molar-refractivity contribution in [3.63, 3.8) is 0 Å². The maximum Gasteiger partial charge on any atom is 0.255 e. The van der Waals surface area contributed by atoms with Gasteiger partial charge in [-0.1, -0.05) is 23.7 Å². The molecule has 1 fully saturated rings. The lowest BCUT2D eigenvalue weighted by molar-refractivity contribution is -0.115. The first-order valence-electron chi connectivity index (χ1n) is 8.80. The Morgan fingerprint density at radius 1 is 1.15 bits per heavy atom. The van der Waals surface area contributed by atoms with Crippen LogP contribution in [0.15, 0.2) is 47.4 Å². The highest BCUT2D eigenvalue weighted by Crippen LogP contribution is 2.25. The minimum absolute atomic E-state index is 0.0970. The second-order valence-electron chi connectivity index (χ2n) is 6.27. The predicted octanol–water partition coefficient (Wildman–Crippen LogP) is 4.84. The smallest absolute Gasteiger partial charge is 0.255 e. The van der Waals surface area contributed by atoms with Crippen LogP contribution >= 0.6 is 23.4 Å². The van der Waals surface area contributed by atoms with Crippen molar-refractivity contribution in [2.24, 2.45) is 0 Å². The van der Waals surface area contributed by atoms with Crippen LogP contribution in [-0.4, -0.2) is 35.6 Å². The van der Waals surface area contributed by atoms with Crippen molar-refractivity contribution in [1.82, 2.24) is 4.90 Å². The van der Waals surface area contributed by atoms with Gasteiger partial charge < -0.3 is 10.2 Å². The van der Waals surface area contributed by atoms with Crippen molar-refractivity contribution in [2.75, 3.05) is 24.2 Å². The Labute approximate surface area is 167 Å². The number of thioether (sulfide) groups is 1. The summed E-state index contributed by atoms with van der Waals surface area (Å²) in [6, 6.07) is 11.3. The summed E-state index contributed by atoms with van der Waals surface area (Å²) in [5.74, 6) is -0.198. The highest BCUT2D eigenvalue weighted by atomic mass is 35.5. The van der Waals surface area contributed by atoms with Crippen molar-refractivity contribution in [3.05, 3.63) is 58.9 Å². The summed E-state index contributed by atoms with van der Waals surface area (Å²) in [5.41, 5.74) is 0.858. The lowest BCUT2D eigenvalue weighted by atomic mass is 10.1. The van der Waals surface area contributed by atoms with Gasteiger partial charge in [0.05, 0.1) is 11.3 Å². The standard InChI is InChI=1S/C20H20ClFN2O2S/c21-14-7-8-15(20(26)24-10-3-4-11-24)17(13-14)23-19(25)9-12-27-18-6-2-1-5-16(18)22/h1-2,5-8,13H,3-4,9-12H2,(H,23,25). The normalized spacial score (nSPS) is 13.6. The summed E-state index contributed by atoms with van der Waals surface area (Å²) in [4.78, 5) is 27.3. The topological polar surface area (TPSA) is 49.4 Å². The summed E-state index contributed by atoms with van der Waals surface area (Å²) in [5, 5.41) is 3.23. The molecule has 7 heteroatoms. The average Bonchev–Trinajstić information content (AvgIpc) is 3.18. The number of hydrogen-bond donors (Lipinski definition) is 1. The van der Waals surface area contributed by atoms with Crippen LogP contribution in [0.1, 0.15) is 29.6 Å². The van der Waals surface area contributed by atoms with E-state index in [-0.39, 0.29) is 24.1 Å². The van der Waals surface area contributed by atoms with Crippen LogP contribution in [0.4, 0.5) is 10.1 Å². The third-order valence-corrected chi connectivity index (χ3v) is 5.59. The molecule has 0 radical (unpaired) electrons. The number of anilines is 1. The number of rotatable bonds is 6. The molecule has 2 aromatic rings. The molecule has 0 spiro atoms. The number of halogens is 2. The lowest BCUT2D eigenvalue weighted by Gasteiger charge is -2.18. The third kappa shape index (κ3) is 5.23. The van der Waals surface area contributed by atoms with Gasteiger partial charge in [-0.05, 0) is 43.2 Å². The fourth-order valence-corrected chi connectivity index (χ4v) is 3.99. The summed E-state index contributed by atoms with van der Waals surface area (Å²) in [6.07, 6.45) is 2.19. The molecule has 0 bridgehead atoms. The highest BCUT2D eigenvalue weighted by molar-refractivity contribution is 7.99. The maximum atomic E-state index is 13.6. The number of nitrogens with one attached hydrogen (secondary N) is 1. The molecule has 1 heterocycles. The molecular formula is C20H20ClFN2O2S. The van der Waals surface area contributed by atoms with E-state index in [1.807, 2.05) is 0 Å². The average molecular weight is 407 g/mol. The molecule has 0 saturated carbocycles. The van der Waals surface area contributed by atoms with Gasteiger partial charge in [-0.15, -0.1) is 11.8 Å². The van der Waals surface area contributed by atoms with E-state index in [0.717, 1.165) is 25.9 Å². The van der Waals surface area contributed by atoms with E-state index in [4.69, 9.17) is 11.6 Å². The largest absolute Gasteiger partial charge is 0.339 e. The van der Waals surface area contributed by atoms with Crippen LogP contribution in [0.3, 0.4) is 0 Å². The SMILES string of the molecule is O=C(CCSc1ccccc1F)Nc1cc(Cl)ccc1C(=O)N1CCCC1. The van der Waals surface area contributed by atoms with Gasteiger partial charge in [-0.2, -0.15) is 0 Å². The van der Waals surface area contributed by atoms with Crippen molar-refractivity contribution in [1.29, 1.82) is 0 Å². The summed E-state index contributed by atoms with van der Waals surface area (Å²) in [6.45, 7) is 1.46. The molecule has 1 saturated heterocycles. The first-order valence-corrected chi connectivity index (χ1v) is 10.2. The minimum Gasteiger partial charge on any atom is -0.339 e. The molecule has 27 heavy (non-hydrogen) atoms. The molecule has 4 nitrogen and oxygen atoms in total. The number of nitrogens with zero attached hydrogens (tertiary/aromatic N) is 1. The Balaban J connectivity index is 1.62. The van der Waals surface area contributed by atoms with E-state index >= 15 is 0 Å². The van der Waals surface area contributed by atoms with E-state index in [1.165, 1.54) is 17.8 Å². The molecule has 2 amide bonds. The molecule has 0 aromatic heterocycles. The van der Waals surface area contributed by atoms with Gasteiger partial charge in [0.25, 0.3) is 5.91 Å². The number of likely N-dealkylation sites (tertiary alicyclic amines) is 1. The Hall–Kier alpha value is -2.05. The van der Waals surface area contributed by atoms with Gasteiger partial charge in [0.1, 0.15) is 5.82 Å². The summed E-state index contributed by atoms with van der Waals surface area (Å²) >= 11 is 7.33. The zero-order chi connectivity index (χ0) is 19.2. The number of benzene rings is 2. The minimum atomic E-state index is -0.295. The van der Waals surface area contributed by atoms with Gasteiger partial charge in [0.15, 0.2) is 0 Å². The maximum absolute atomic E-state index is 13.6. The van der Waals surface area contributed by atoms with Crippen LogP contribution in [0.5, 0.6) is 0 Å². The van der Waals surface area contributed by atoms with Gasteiger partial charge in [-0.25, -0.2) is 4.39 Å². The number of amides is 2. The molecule has 2 aromatic carbocycles. The zero-order valence-corrected chi connectivity index (χ0v) is 16.3. The van der Waals surface area contributed by atoms with Gasteiger partial charge >= 0.3 is 0 Å². The predicted molar refractivity (Wildman–Crippen MR) is 107 cm³/mol. The van der Waals surface area contributed by atoms with Crippen molar-refractivity contribution in [2.45, 2.75) is 24.2 Å². The fourth-order valence-electron chi connectivity index (χ4n) is 2.93. The Morgan fingerprint density at radius 3 is 2.63 bits per heavy atom. The van der Waals surface area contributed by atoms with Crippen LogP contribution in [0.2, 0.25) is 5.02 Å². The summed E-state index contributed by atoms with van der Waals surface area (Å²) in [7, 11) is 0. The highest BCUT2D eigenvalue weighted by Gasteiger charge is 2.22. The quantitative estimate of drug-likeness (QED) is 0.698. The number of hydrogen-bond acceptors (Lipinski definition) is 3. The molecule has 142 valence electrons. The molecule has 0 aliphatic carbocycles. The van der Waals surface area contributed by atoms with Crippen molar-refractivity contribution >= 4 is 40.9 Å². The van der Waals surface area contributed by atoms with Crippen LogP contribution in [0, 0.1) is 5.82 Å². The Bertz CT molecular complexity index is 840. The van der Waals surface area contributed by atoms with Crippen molar-refractivity contribution < 1.29 is 14.0 Å². The van der Waals surface area contributed by atoms with E-state index < -0.39 is 0 Å². The molecule has 1 aliphatic rings. The van der Waals surface area contributed by atoms with E-state index in [2.05, 4.69) is 5.32 Å². The zero-order valence-electron chi connectivity index (χ0n) is 14.7. The number of carbonyl (C=O) groups is 2. The summed E-state index contributed by atoms with van der Waals surface area (Å²) < 4.78 is 13.6. The molecule has 3 rings (SSSR count). The number of carbonyl (C=O) groups excluding carboxylic acids is 2. The molecule has 0 atom stereocenters. The van der Waals surface area contributed by atoms with Crippen LogP contribution in [-0.2, 0) is 4.79 Å². The van der Waals surface area contributed by atoms with Gasteiger partial charge in [0.2, 0.25) is 5.91 Å². The van der Waals surface area contributed by atoms with Crippen LogP contribution in [0.25, 0.3) is 0 Å².